The number of unbranched alkanes of at least 4 members (excludes halogenated alkanes) is 1. The summed E-state index contributed by atoms with van der Waals surface area (Å²) in [6, 6.07) is 7.28. The molecule has 0 aliphatic heterocycles. The lowest BCUT2D eigenvalue weighted by atomic mass is 10.0. The number of carbonyl (C=O) groups is 1. The summed E-state index contributed by atoms with van der Waals surface area (Å²) in [5, 5.41) is 13.6. The quantitative estimate of drug-likeness (QED) is 0.921. The Morgan fingerprint density at radius 3 is 2.64 bits per heavy atom. The first-order valence-electron chi connectivity index (χ1n) is 7.37. The van der Waals surface area contributed by atoms with E-state index in [0.717, 1.165) is 29.5 Å². The van der Waals surface area contributed by atoms with Crippen LogP contribution in [0.2, 0.25) is 0 Å². The number of aromatic nitrogens is 2. The van der Waals surface area contributed by atoms with Crippen LogP contribution in [0.1, 0.15) is 41.3 Å². The minimum Gasteiger partial charge on any atom is -0.477 e. The van der Waals surface area contributed by atoms with Crippen molar-refractivity contribution in [2.75, 3.05) is 0 Å². The average molecular weight is 300 g/mol. The maximum absolute atomic E-state index is 12.2. The summed E-state index contributed by atoms with van der Waals surface area (Å²) >= 11 is 0. The second-order valence-corrected chi connectivity index (χ2v) is 5.45. The number of benzene rings is 1. The molecule has 0 aliphatic carbocycles. The van der Waals surface area contributed by atoms with Crippen molar-refractivity contribution in [3.63, 3.8) is 0 Å². The summed E-state index contributed by atoms with van der Waals surface area (Å²) in [5.41, 5.74) is 2.65. The molecule has 0 spiro atoms. The molecular weight excluding hydrogens is 280 g/mol. The first-order chi connectivity index (χ1) is 10.4. The number of aromatic carboxylic acids is 1. The van der Waals surface area contributed by atoms with E-state index in [1.807, 2.05) is 39.0 Å². The lowest BCUT2D eigenvalue weighted by molar-refractivity contribution is 0.0693. The van der Waals surface area contributed by atoms with Crippen LogP contribution >= 0.6 is 0 Å². The van der Waals surface area contributed by atoms with Gasteiger partial charge in [0.25, 0.3) is 5.56 Å². The van der Waals surface area contributed by atoms with Crippen LogP contribution in [0.15, 0.2) is 29.1 Å². The molecule has 0 amide bonds. The summed E-state index contributed by atoms with van der Waals surface area (Å²) in [5.74, 6) is -1.22. The van der Waals surface area contributed by atoms with Crippen molar-refractivity contribution in [2.45, 2.75) is 40.2 Å². The zero-order valence-corrected chi connectivity index (χ0v) is 13.1. The molecule has 0 saturated heterocycles. The molecule has 0 saturated carbocycles. The molecule has 1 aromatic carbocycles. The highest BCUT2D eigenvalue weighted by molar-refractivity contribution is 5.88. The third kappa shape index (κ3) is 3.24. The Hall–Kier alpha value is -2.43. The fraction of sp³-hybridized carbons (Fsp3) is 0.353. The topological polar surface area (TPSA) is 72.2 Å². The molecule has 0 unspecified atom stereocenters. The summed E-state index contributed by atoms with van der Waals surface area (Å²) in [7, 11) is 0. The van der Waals surface area contributed by atoms with Gasteiger partial charge < -0.3 is 5.11 Å². The molecule has 2 rings (SSSR count). The van der Waals surface area contributed by atoms with Gasteiger partial charge in [-0.1, -0.05) is 31.0 Å². The van der Waals surface area contributed by atoms with Gasteiger partial charge >= 0.3 is 5.97 Å². The highest BCUT2D eigenvalue weighted by Gasteiger charge is 2.16. The highest BCUT2D eigenvalue weighted by atomic mass is 16.4. The predicted octanol–water partition coefficient (Wildman–Crippen LogP) is 3.03. The van der Waals surface area contributed by atoms with Gasteiger partial charge in [-0.2, -0.15) is 5.10 Å². The van der Waals surface area contributed by atoms with Gasteiger partial charge in [-0.3, -0.25) is 4.79 Å². The Bertz CT molecular complexity index is 763. The molecule has 1 N–H and O–H groups in total. The summed E-state index contributed by atoms with van der Waals surface area (Å²) in [6.45, 7) is 6.35. The van der Waals surface area contributed by atoms with E-state index in [1.165, 1.54) is 10.7 Å². The van der Waals surface area contributed by atoms with Gasteiger partial charge in [0, 0.05) is 12.1 Å². The normalized spacial score (nSPS) is 10.7. The van der Waals surface area contributed by atoms with Crippen molar-refractivity contribution in [2.24, 2.45) is 0 Å². The van der Waals surface area contributed by atoms with Gasteiger partial charge in [-0.25, -0.2) is 9.48 Å². The minimum absolute atomic E-state index is 0.234. The van der Waals surface area contributed by atoms with Crippen molar-refractivity contribution < 1.29 is 9.90 Å². The molecule has 116 valence electrons. The molecular formula is C17H20N2O3. The number of aryl methyl sites for hydroxylation is 3. The Labute approximate surface area is 129 Å². The Balaban J connectivity index is 2.65. The Morgan fingerprint density at radius 2 is 2.00 bits per heavy atom. The zero-order valence-electron chi connectivity index (χ0n) is 13.1. The van der Waals surface area contributed by atoms with Gasteiger partial charge in [0.2, 0.25) is 0 Å². The maximum Gasteiger partial charge on any atom is 0.341 e. The molecule has 5 nitrogen and oxygen atoms in total. The fourth-order valence-electron chi connectivity index (χ4n) is 2.30. The van der Waals surface area contributed by atoms with Gasteiger partial charge in [-0.15, -0.1) is 0 Å². The van der Waals surface area contributed by atoms with E-state index in [4.69, 9.17) is 0 Å². The van der Waals surface area contributed by atoms with Gasteiger partial charge in [-0.05, 0) is 38.0 Å². The van der Waals surface area contributed by atoms with Gasteiger partial charge in [0.1, 0.15) is 5.56 Å². The monoisotopic (exact) mass is 300 g/mol. The smallest absolute Gasteiger partial charge is 0.341 e. The van der Waals surface area contributed by atoms with Crippen molar-refractivity contribution >= 4 is 5.97 Å². The zero-order chi connectivity index (χ0) is 16.3. The van der Waals surface area contributed by atoms with Crippen molar-refractivity contribution in [1.82, 2.24) is 9.78 Å². The number of carboxylic acid groups (broad SMARTS) is 1. The van der Waals surface area contributed by atoms with E-state index in [2.05, 4.69) is 5.10 Å². The molecule has 1 aromatic heterocycles. The van der Waals surface area contributed by atoms with Crippen LogP contribution in [0.25, 0.3) is 11.3 Å². The SMILES string of the molecule is CCCCn1nc(-c2cc(C)ccc2C)cc(C(=O)O)c1=O. The second-order valence-electron chi connectivity index (χ2n) is 5.45. The highest BCUT2D eigenvalue weighted by Crippen LogP contribution is 2.22. The predicted molar refractivity (Wildman–Crippen MR) is 85.3 cm³/mol. The average Bonchev–Trinajstić information content (AvgIpc) is 2.48. The van der Waals surface area contributed by atoms with Crippen LogP contribution in [0, 0.1) is 13.8 Å². The molecule has 0 bridgehead atoms. The largest absolute Gasteiger partial charge is 0.477 e. The van der Waals surface area contributed by atoms with Crippen LogP contribution in [0.4, 0.5) is 0 Å². The molecule has 1 heterocycles. The summed E-state index contributed by atoms with van der Waals surface area (Å²) in [6.07, 6.45) is 1.69. The standard InChI is InChI=1S/C17H20N2O3/c1-4-5-8-19-16(20)14(17(21)22)10-15(18-19)13-9-11(2)6-7-12(13)3/h6-7,9-10H,4-5,8H2,1-3H3,(H,21,22). The van der Waals surface area contributed by atoms with E-state index in [9.17, 15) is 14.7 Å². The molecule has 0 aliphatic rings. The van der Waals surface area contributed by atoms with Crippen LogP contribution in [0.5, 0.6) is 0 Å². The van der Waals surface area contributed by atoms with Crippen LogP contribution in [0.3, 0.4) is 0 Å². The Kier molecular flexibility index (Phi) is 4.75. The number of nitrogens with zero attached hydrogens (tertiary/aromatic N) is 2. The molecule has 0 atom stereocenters. The maximum atomic E-state index is 12.2. The van der Waals surface area contributed by atoms with Crippen molar-refractivity contribution in [3.05, 3.63) is 51.3 Å². The Morgan fingerprint density at radius 1 is 1.27 bits per heavy atom. The number of hydrogen-bond donors (Lipinski definition) is 1. The van der Waals surface area contributed by atoms with Crippen molar-refractivity contribution in [3.8, 4) is 11.3 Å². The van der Waals surface area contributed by atoms with E-state index in [-0.39, 0.29) is 5.56 Å². The summed E-state index contributed by atoms with van der Waals surface area (Å²) < 4.78 is 1.27. The number of rotatable bonds is 5. The van der Waals surface area contributed by atoms with Crippen LogP contribution < -0.4 is 5.56 Å². The fourth-order valence-corrected chi connectivity index (χ4v) is 2.30. The first kappa shape index (κ1) is 15.9. The molecule has 0 radical (unpaired) electrons. The second kappa shape index (κ2) is 6.56. The number of carboxylic acids is 1. The molecule has 22 heavy (non-hydrogen) atoms. The summed E-state index contributed by atoms with van der Waals surface area (Å²) in [4.78, 5) is 23.5. The van der Waals surface area contributed by atoms with Crippen LogP contribution in [-0.4, -0.2) is 20.9 Å². The molecule has 2 aromatic rings. The minimum atomic E-state index is -1.22. The third-order valence-electron chi connectivity index (χ3n) is 3.60. The van der Waals surface area contributed by atoms with Crippen molar-refractivity contribution in [1.29, 1.82) is 0 Å². The van der Waals surface area contributed by atoms with E-state index < -0.39 is 11.5 Å². The van der Waals surface area contributed by atoms with E-state index in [1.54, 1.807) is 0 Å². The molecule has 0 fully saturated rings. The van der Waals surface area contributed by atoms with Crippen LogP contribution in [-0.2, 0) is 6.54 Å². The number of hydrogen-bond acceptors (Lipinski definition) is 3. The van der Waals surface area contributed by atoms with Gasteiger partial charge in [0.15, 0.2) is 0 Å². The lowest BCUT2D eigenvalue weighted by Gasteiger charge is -2.11. The third-order valence-corrected chi connectivity index (χ3v) is 3.60. The lowest BCUT2D eigenvalue weighted by Crippen LogP contribution is -2.29. The van der Waals surface area contributed by atoms with Gasteiger partial charge in [0.05, 0.1) is 5.69 Å². The van der Waals surface area contributed by atoms with E-state index in [0.29, 0.717) is 12.2 Å². The first-order valence-corrected chi connectivity index (χ1v) is 7.37. The molecule has 5 heteroatoms. The van der Waals surface area contributed by atoms with E-state index >= 15 is 0 Å².